The Labute approximate surface area is 90.4 Å². The van der Waals surface area contributed by atoms with E-state index in [0.29, 0.717) is 25.0 Å². The SMILES string of the molecule is N#COCC1CCCCC(COC#N)C1. The average Bonchev–Trinajstić information content (AvgIpc) is 2.48. The van der Waals surface area contributed by atoms with Crippen LogP contribution in [0, 0.1) is 34.9 Å². The minimum absolute atomic E-state index is 0.444. The maximum atomic E-state index is 8.33. The molecule has 15 heavy (non-hydrogen) atoms. The number of ether oxygens (including phenoxy) is 2. The van der Waals surface area contributed by atoms with Crippen molar-refractivity contribution in [2.24, 2.45) is 11.8 Å². The van der Waals surface area contributed by atoms with Gasteiger partial charge >= 0.3 is 0 Å². The van der Waals surface area contributed by atoms with Gasteiger partial charge in [0, 0.05) is 0 Å². The van der Waals surface area contributed by atoms with Crippen molar-refractivity contribution >= 4 is 0 Å². The molecular weight excluding hydrogens is 192 g/mol. The van der Waals surface area contributed by atoms with Gasteiger partial charge in [0.25, 0.3) is 12.5 Å². The maximum Gasteiger partial charge on any atom is 0.286 e. The lowest BCUT2D eigenvalue weighted by Gasteiger charge is -2.17. The molecule has 2 atom stereocenters. The Kier molecular flexibility index (Phi) is 5.40. The predicted molar refractivity (Wildman–Crippen MR) is 53.2 cm³/mol. The van der Waals surface area contributed by atoms with Gasteiger partial charge in [-0.3, -0.25) is 0 Å². The van der Waals surface area contributed by atoms with E-state index in [-0.39, 0.29) is 0 Å². The number of nitriles is 2. The minimum Gasteiger partial charge on any atom is -0.427 e. The van der Waals surface area contributed by atoms with E-state index in [2.05, 4.69) is 0 Å². The van der Waals surface area contributed by atoms with E-state index in [4.69, 9.17) is 20.0 Å². The summed E-state index contributed by atoms with van der Waals surface area (Å²) in [7, 11) is 0. The summed E-state index contributed by atoms with van der Waals surface area (Å²) in [6.45, 7) is 1.03. The van der Waals surface area contributed by atoms with E-state index in [9.17, 15) is 0 Å². The Morgan fingerprint density at radius 1 is 0.933 bits per heavy atom. The first-order valence-corrected chi connectivity index (χ1v) is 5.38. The molecule has 0 aromatic carbocycles. The summed E-state index contributed by atoms with van der Waals surface area (Å²) in [6.07, 6.45) is 9.02. The quantitative estimate of drug-likeness (QED) is 0.524. The highest BCUT2D eigenvalue weighted by atomic mass is 16.5. The second kappa shape index (κ2) is 6.95. The molecular formula is C11H16N2O2. The first-order valence-electron chi connectivity index (χ1n) is 5.38. The largest absolute Gasteiger partial charge is 0.427 e. The molecule has 1 aliphatic carbocycles. The summed E-state index contributed by atoms with van der Waals surface area (Å²) in [5.41, 5.74) is 0. The molecule has 0 aliphatic heterocycles. The van der Waals surface area contributed by atoms with Crippen LogP contribution in [0.2, 0.25) is 0 Å². The van der Waals surface area contributed by atoms with Gasteiger partial charge in [-0.05, 0) is 31.1 Å². The summed E-state index contributed by atoms with van der Waals surface area (Å²) in [5.74, 6) is 0.888. The monoisotopic (exact) mass is 208 g/mol. The Hall–Kier alpha value is -1.42. The Morgan fingerprint density at radius 3 is 1.80 bits per heavy atom. The van der Waals surface area contributed by atoms with Crippen LogP contribution in [0.5, 0.6) is 0 Å². The van der Waals surface area contributed by atoms with E-state index in [1.54, 1.807) is 12.5 Å². The van der Waals surface area contributed by atoms with Gasteiger partial charge in [-0.1, -0.05) is 12.8 Å². The molecule has 0 aromatic rings. The van der Waals surface area contributed by atoms with Gasteiger partial charge in [0.05, 0.1) is 0 Å². The molecule has 4 heteroatoms. The summed E-state index contributed by atoms with van der Waals surface area (Å²) in [4.78, 5) is 0. The third-order valence-corrected chi connectivity index (χ3v) is 2.91. The lowest BCUT2D eigenvalue weighted by molar-refractivity contribution is 0.153. The van der Waals surface area contributed by atoms with Crippen molar-refractivity contribution in [3.8, 4) is 12.5 Å². The van der Waals surface area contributed by atoms with Gasteiger partial charge in [-0.25, -0.2) is 0 Å². The second-order valence-corrected chi connectivity index (χ2v) is 4.06. The predicted octanol–water partition coefficient (Wildman–Crippen LogP) is 2.18. The summed E-state index contributed by atoms with van der Waals surface area (Å²) in [5, 5.41) is 16.7. The molecule has 4 nitrogen and oxygen atoms in total. The second-order valence-electron chi connectivity index (χ2n) is 4.06. The zero-order valence-corrected chi connectivity index (χ0v) is 8.82. The van der Waals surface area contributed by atoms with Crippen LogP contribution in [0.3, 0.4) is 0 Å². The molecule has 1 rings (SSSR count). The van der Waals surface area contributed by atoms with E-state index >= 15 is 0 Å². The Balaban J connectivity index is 2.33. The molecule has 0 spiro atoms. The van der Waals surface area contributed by atoms with Gasteiger partial charge in [0.15, 0.2) is 0 Å². The molecule has 0 heterocycles. The van der Waals surface area contributed by atoms with Crippen molar-refractivity contribution < 1.29 is 9.47 Å². The lowest BCUT2D eigenvalue weighted by atomic mass is 9.94. The van der Waals surface area contributed by atoms with Crippen molar-refractivity contribution in [3.05, 3.63) is 0 Å². The molecule has 1 fully saturated rings. The highest BCUT2D eigenvalue weighted by Crippen LogP contribution is 2.28. The van der Waals surface area contributed by atoms with Gasteiger partial charge < -0.3 is 9.47 Å². The third-order valence-electron chi connectivity index (χ3n) is 2.91. The summed E-state index contributed by atoms with van der Waals surface area (Å²) < 4.78 is 9.56. The van der Waals surface area contributed by atoms with Crippen LogP contribution in [-0.4, -0.2) is 13.2 Å². The van der Waals surface area contributed by atoms with Crippen LogP contribution in [0.25, 0.3) is 0 Å². The number of hydrogen-bond acceptors (Lipinski definition) is 4. The van der Waals surface area contributed by atoms with Crippen LogP contribution in [0.15, 0.2) is 0 Å². The molecule has 82 valence electrons. The Bertz CT molecular complexity index is 228. The number of nitrogens with zero attached hydrogens (tertiary/aromatic N) is 2. The van der Waals surface area contributed by atoms with Crippen molar-refractivity contribution in [1.29, 1.82) is 10.5 Å². The van der Waals surface area contributed by atoms with E-state index in [0.717, 1.165) is 19.3 Å². The van der Waals surface area contributed by atoms with Crippen molar-refractivity contribution in [2.75, 3.05) is 13.2 Å². The molecule has 1 saturated carbocycles. The first kappa shape index (κ1) is 11.7. The molecule has 0 bridgehead atoms. The van der Waals surface area contributed by atoms with E-state index < -0.39 is 0 Å². The van der Waals surface area contributed by atoms with Crippen LogP contribution in [0.4, 0.5) is 0 Å². The molecule has 0 radical (unpaired) electrons. The van der Waals surface area contributed by atoms with E-state index in [1.807, 2.05) is 0 Å². The van der Waals surface area contributed by atoms with E-state index in [1.165, 1.54) is 12.8 Å². The van der Waals surface area contributed by atoms with Crippen LogP contribution < -0.4 is 0 Å². The summed E-state index contributed by atoms with van der Waals surface area (Å²) in [6, 6.07) is 0. The summed E-state index contributed by atoms with van der Waals surface area (Å²) >= 11 is 0. The fourth-order valence-electron chi connectivity index (χ4n) is 2.19. The molecule has 0 aromatic heterocycles. The molecule has 0 amide bonds. The zero-order valence-electron chi connectivity index (χ0n) is 8.82. The third kappa shape index (κ3) is 4.56. The van der Waals surface area contributed by atoms with Gasteiger partial charge in [-0.15, -0.1) is 0 Å². The maximum absolute atomic E-state index is 8.33. The molecule has 0 N–H and O–H groups in total. The number of hydrogen-bond donors (Lipinski definition) is 0. The van der Waals surface area contributed by atoms with Crippen molar-refractivity contribution in [3.63, 3.8) is 0 Å². The van der Waals surface area contributed by atoms with Crippen LogP contribution in [-0.2, 0) is 9.47 Å². The first-order chi connectivity index (χ1) is 7.36. The molecule has 1 aliphatic rings. The average molecular weight is 208 g/mol. The normalized spacial score (nSPS) is 25.7. The van der Waals surface area contributed by atoms with Crippen LogP contribution in [0.1, 0.15) is 32.1 Å². The standard InChI is InChI=1S/C11H16N2O2/c12-8-14-6-10-3-1-2-4-11(5-10)7-15-9-13/h10-11H,1-7H2. The highest BCUT2D eigenvalue weighted by molar-refractivity contribution is 4.73. The van der Waals surface area contributed by atoms with Crippen LogP contribution >= 0.6 is 0 Å². The topological polar surface area (TPSA) is 66.0 Å². The van der Waals surface area contributed by atoms with Gasteiger partial charge in [0.2, 0.25) is 0 Å². The lowest BCUT2D eigenvalue weighted by Crippen LogP contribution is -2.14. The van der Waals surface area contributed by atoms with Gasteiger partial charge in [0.1, 0.15) is 13.2 Å². The minimum atomic E-state index is 0.444. The van der Waals surface area contributed by atoms with Crippen molar-refractivity contribution in [2.45, 2.75) is 32.1 Å². The fraction of sp³-hybridized carbons (Fsp3) is 0.818. The smallest absolute Gasteiger partial charge is 0.286 e. The fourth-order valence-corrected chi connectivity index (χ4v) is 2.19. The van der Waals surface area contributed by atoms with Gasteiger partial charge in [-0.2, -0.15) is 10.5 Å². The number of rotatable bonds is 4. The molecule has 2 unspecified atom stereocenters. The highest BCUT2D eigenvalue weighted by Gasteiger charge is 2.21. The zero-order chi connectivity index (χ0) is 10.9. The Morgan fingerprint density at radius 2 is 1.40 bits per heavy atom. The van der Waals surface area contributed by atoms with Crippen molar-refractivity contribution in [1.82, 2.24) is 0 Å². The molecule has 0 saturated heterocycles.